The molecular weight excluding hydrogens is 278 g/mol. The van der Waals surface area contributed by atoms with Gasteiger partial charge in [-0.05, 0) is 25.0 Å². The first-order valence-electron chi connectivity index (χ1n) is 6.69. The highest BCUT2D eigenvalue weighted by molar-refractivity contribution is 5.85. The molecule has 0 radical (unpaired) electrons. The lowest BCUT2D eigenvalue weighted by Crippen LogP contribution is -2.39. The van der Waals surface area contributed by atoms with Gasteiger partial charge in [-0.25, -0.2) is 13.8 Å². The van der Waals surface area contributed by atoms with Crippen LogP contribution >= 0.6 is 0 Å². The molecule has 2 atom stereocenters. The van der Waals surface area contributed by atoms with E-state index in [2.05, 4.69) is 4.98 Å². The molecule has 0 spiro atoms. The van der Waals surface area contributed by atoms with Crippen LogP contribution in [0.15, 0.2) is 18.5 Å². The van der Waals surface area contributed by atoms with Crippen molar-refractivity contribution in [3.8, 4) is 6.07 Å². The Morgan fingerprint density at radius 3 is 2.95 bits per heavy atom. The normalized spacial score (nSPS) is 29.0. The standard InChI is InChI=1S/C14H14F2N4O/c1-14(12(15)16)8-19-3-2-11(20(19)13(14)21)10-4-9(5-17)6-18-7-10/h4,6-7,11-12H,2-3,8H2,1H3/t11-,14?/m1/s1. The van der Waals surface area contributed by atoms with Crippen LogP contribution in [0.5, 0.6) is 0 Å². The number of halogens is 2. The van der Waals surface area contributed by atoms with Crippen molar-refractivity contribution in [2.75, 3.05) is 13.1 Å². The molecule has 5 nitrogen and oxygen atoms in total. The summed E-state index contributed by atoms with van der Waals surface area (Å²) in [4.78, 5) is 16.4. The van der Waals surface area contributed by atoms with Gasteiger partial charge in [-0.15, -0.1) is 0 Å². The number of hydrazine groups is 1. The Morgan fingerprint density at radius 1 is 1.52 bits per heavy atom. The van der Waals surface area contributed by atoms with Gasteiger partial charge in [0, 0.05) is 25.5 Å². The summed E-state index contributed by atoms with van der Waals surface area (Å²) < 4.78 is 26.4. The van der Waals surface area contributed by atoms with Gasteiger partial charge in [-0.2, -0.15) is 5.26 Å². The van der Waals surface area contributed by atoms with Gasteiger partial charge in [-0.1, -0.05) is 0 Å². The van der Waals surface area contributed by atoms with E-state index in [1.807, 2.05) is 6.07 Å². The number of hydrogen-bond donors (Lipinski definition) is 0. The van der Waals surface area contributed by atoms with Gasteiger partial charge in [0.1, 0.15) is 11.5 Å². The van der Waals surface area contributed by atoms with Crippen LogP contribution in [0.4, 0.5) is 8.78 Å². The molecule has 0 N–H and O–H groups in total. The number of fused-ring (bicyclic) bond motifs is 1. The van der Waals surface area contributed by atoms with Crippen molar-refractivity contribution in [3.63, 3.8) is 0 Å². The maximum Gasteiger partial charge on any atom is 0.254 e. The van der Waals surface area contributed by atoms with Crippen molar-refractivity contribution in [3.05, 3.63) is 29.6 Å². The zero-order valence-electron chi connectivity index (χ0n) is 11.5. The largest absolute Gasteiger partial charge is 0.272 e. The molecular formula is C14H14F2N4O. The summed E-state index contributed by atoms with van der Waals surface area (Å²) in [6.07, 6.45) is 0.979. The Bertz CT molecular complexity index is 630. The molecule has 0 saturated carbocycles. The van der Waals surface area contributed by atoms with E-state index in [9.17, 15) is 13.6 Å². The second-order valence-electron chi connectivity index (χ2n) is 5.68. The quantitative estimate of drug-likeness (QED) is 0.833. The van der Waals surface area contributed by atoms with Crippen LogP contribution in [0.3, 0.4) is 0 Å². The summed E-state index contributed by atoms with van der Waals surface area (Å²) in [7, 11) is 0. The molecule has 1 aromatic heterocycles. The highest BCUT2D eigenvalue weighted by Gasteiger charge is 2.57. The molecule has 2 aliphatic rings. The maximum atomic E-state index is 13.2. The second-order valence-corrected chi connectivity index (χ2v) is 5.68. The molecule has 3 heterocycles. The van der Waals surface area contributed by atoms with Crippen molar-refractivity contribution < 1.29 is 13.6 Å². The second kappa shape index (κ2) is 4.74. The Morgan fingerprint density at radius 2 is 2.29 bits per heavy atom. The monoisotopic (exact) mass is 292 g/mol. The van der Waals surface area contributed by atoms with Gasteiger partial charge in [0.2, 0.25) is 0 Å². The average molecular weight is 292 g/mol. The van der Waals surface area contributed by atoms with E-state index >= 15 is 0 Å². The van der Waals surface area contributed by atoms with Gasteiger partial charge in [-0.3, -0.25) is 14.8 Å². The highest BCUT2D eigenvalue weighted by atomic mass is 19.3. The summed E-state index contributed by atoms with van der Waals surface area (Å²) in [6, 6.07) is 3.34. The van der Waals surface area contributed by atoms with E-state index in [-0.39, 0.29) is 12.6 Å². The van der Waals surface area contributed by atoms with Gasteiger partial charge < -0.3 is 0 Å². The molecule has 0 bridgehead atoms. The number of pyridine rings is 1. The van der Waals surface area contributed by atoms with E-state index in [1.165, 1.54) is 18.1 Å². The zero-order valence-corrected chi connectivity index (χ0v) is 11.5. The average Bonchev–Trinajstić information content (AvgIpc) is 2.99. The molecule has 110 valence electrons. The number of alkyl halides is 2. The third-order valence-electron chi connectivity index (χ3n) is 4.22. The van der Waals surface area contributed by atoms with Gasteiger partial charge in [0.15, 0.2) is 0 Å². The minimum atomic E-state index is -2.69. The van der Waals surface area contributed by atoms with Crippen LogP contribution in [0.2, 0.25) is 0 Å². The Hall–Kier alpha value is -2.07. The lowest BCUT2D eigenvalue weighted by molar-refractivity contribution is -0.147. The van der Waals surface area contributed by atoms with E-state index in [4.69, 9.17) is 5.26 Å². The molecule has 1 aromatic rings. The first-order valence-corrected chi connectivity index (χ1v) is 6.69. The van der Waals surface area contributed by atoms with Crippen molar-refractivity contribution in [1.82, 2.24) is 15.0 Å². The fourth-order valence-electron chi connectivity index (χ4n) is 3.00. The third-order valence-corrected chi connectivity index (χ3v) is 4.22. The number of carbonyl (C=O) groups is 1. The third kappa shape index (κ3) is 1.98. The Balaban J connectivity index is 1.94. The van der Waals surface area contributed by atoms with Crippen LogP contribution < -0.4 is 0 Å². The van der Waals surface area contributed by atoms with Crippen molar-refractivity contribution in [2.24, 2.45) is 5.41 Å². The summed E-state index contributed by atoms with van der Waals surface area (Å²) >= 11 is 0. The van der Waals surface area contributed by atoms with E-state index in [0.717, 1.165) is 0 Å². The minimum absolute atomic E-state index is 0.0331. The molecule has 0 aliphatic carbocycles. The topological polar surface area (TPSA) is 60.2 Å². The summed E-state index contributed by atoms with van der Waals surface area (Å²) in [6.45, 7) is 1.89. The predicted octanol–water partition coefficient (Wildman–Crippen LogP) is 1.73. The first kappa shape index (κ1) is 13.9. The molecule has 2 aliphatic heterocycles. The lowest BCUT2D eigenvalue weighted by atomic mass is 9.90. The molecule has 21 heavy (non-hydrogen) atoms. The Labute approximate surface area is 120 Å². The molecule has 1 amide bonds. The van der Waals surface area contributed by atoms with E-state index < -0.39 is 17.7 Å². The SMILES string of the molecule is CC1(C(F)F)CN2CC[C@H](c3cncc(C#N)c3)N2C1=O. The predicted molar refractivity (Wildman–Crippen MR) is 68.8 cm³/mol. The number of nitriles is 1. The minimum Gasteiger partial charge on any atom is -0.272 e. The van der Waals surface area contributed by atoms with Gasteiger partial charge >= 0.3 is 0 Å². The number of nitrogens with zero attached hydrogens (tertiary/aromatic N) is 4. The number of rotatable bonds is 2. The van der Waals surface area contributed by atoms with Crippen molar-refractivity contribution >= 4 is 5.91 Å². The lowest BCUT2D eigenvalue weighted by Gasteiger charge is -2.26. The van der Waals surface area contributed by atoms with Crippen LogP contribution in [0.25, 0.3) is 0 Å². The fourth-order valence-corrected chi connectivity index (χ4v) is 3.00. The molecule has 0 aromatic carbocycles. The molecule has 2 saturated heterocycles. The maximum absolute atomic E-state index is 13.2. The molecule has 2 fully saturated rings. The number of hydrogen-bond acceptors (Lipinski definition) is 4. The molecule has 7 heteroatoms. The summed E-state index contributed by atoms with van der Waals surface area (Å²) in [5, 5.41) is 12.0. The van der Waals surface area contributed by atoms with Gasteiger partial charge in [0.05, 0.1) is 11.6 Å². The first-order chi connectivity index (χ1) is 9.97. The fraction of sp³-hybridized carbons (Fsp3) is 0.500. The number of carbonyl (C=O) groups excluding carboxylic acids is 1. The van der Waals surface area contributed by atoms with Crippen molar-refractivity contribution in [2.45, 2.75) is 25.8 Å². The van der Waals surface area contributed by atoms with Crippen LogP contribution in [-0.2, 0) is 4.79 Å². The van der Waals surface area contributed by atoms with Crippen molar-refractivity contribution in [1.29, 1.82) is 5.26 Å². The summed E-state index contributed by atoms with van der Waals surface area (Å²) in [5.74, 6) is -0.553. The summed E-state index contributed by atoms with van der Waals surface area (Å²) in [5.41, 5.74) is -0.545. The Kier molecular flexibility index (Phi) is 3.14. The van der Waals surface area contributed by atoms with E-state index in [0.29, 0.717) is 24.1 Å². The molecule has 1 unspecified atom stereocenters. The van der Waals surface area contributed by atoms with Crippen LogP contribution in [-0.4, -0.2) is 40.4 Å². The van der Waals surface area contributed by atoms with E-state index in [1.54, 1.807) is 17.3 Å². The molecule has 3 rings (SSSR count). The highest BCUT2D eigenvalue weighted by Crippen LogP contribution is 2.44. The van der Waals surface area contributed by atoms with Gasteiger partial charge in [0.25, 0.3) is 12.3 Å². The van der Waals surface area contributed by atoms with Crippen LogP contribution in [0.1, 0.15) is 30.5 Å². The number of amides is 1. The zero-order chi connectivity index (χ0) is 15.2. The van der Waals surface area contributed by atoms with Crippen LogP contribution in [0, 0.1) is 16.7 Å². The smallest absolute Gasteiger partial charge is 0.254 e. The number of aromatic nitrogens is 1.